The van der Waals surface area contributed by atoms with Crippen molar-refractivity contribution in [3.8, 4) is 0 Å². The monoisotopic (exact) mass is 471 g/mol. The molecule has 1 spiro atoms. The largest absolute Gasteiger partial charge is 0.347 e. The molecule has 3 heterocycles. The zero-order valence-corrected chi connectivity index (χ0v) is 20.4. The predicted octanol–water partition coefficient (Wildman–Crippen LogP) is 3.31. The van der Waals surface area contributed by atoms with Crippen LogP contribution in [0.1, 0.15) is 48.9 Å². The van der Waals surface area contributed by atoms with Gasteiger partial charge in [0.05, 0.1) is 13.2 Å². The van der Waals surface area contributed by atoms with Crippen LogP contribution in [-0.4, -0.2) is 58.2 Å². The molecule has 2 fully saturated rings. The average Bonchev–Trinajstić information content (AvgIpc) is 3.28. The van der Waals surface area contributed by atoms with E-state index in [2.05, 4.69) is 0 Å². The Morgan fingerprint density at radius 1 is 1.12 bits per heavy atom. The Hall–Kier alpha value is -2.16. The zero-order valence-electron chi connectivity index (χ0n) is 19.5. The van der Waals surface area contributed by atoms with Gasteiger partial charge in [0.15, 0.2) is 10.9 Å². The van der Waals surface area contributed by atoms with Crippen LogP contribution in [0.15, 0.2) is 40.3 Å². The second-order valence-electron chi connectivity index (χ2n) is 8.78. The fourth-order valence-electron chi connectivity index (χ4n) is 4.44. The molecule has 0 saturated carbocycles. The molecule has 0 aliphatic carbocycles. The molecule has 1 aromatic heterocycles. The maximum absolute atomic E-state index is 12.9. The number of thioether (sulfide) groups is 1. The van der Waals surface area contributed by atoms with E-state index < -0.39 is 5.79 Å². The van der Waals surface area contributed by atoms with Crippen molar-refractivity contribution in [3.63, 3.8) is 0 Å². The highest BCUT2D eigenvalue weighted by Gasteiger charge is 2.40. The van der Waals surface area contributed by atoms with Gasteiger partial charge in [-0.25, -0.2) is 4.98 Å². The summed E-state index contributed by atoms with van der Waals surface area (Å²) in [7, 11) is 1.79. The first kappa shape index (κ1) is 24.0. The van der Waals surface area contributed by atoms with Gasteiger partial charge in [0.1, 0.15) is 0 Å². The highest BCUT2D eigenvalue weighted by atomic mass is 32.2. The number of hydrogen-bond donors (Lipinski definition) is 0. The van der Waals surface area contributed by atoms with Gasteiger partial charge in [0, 0.05) is 62.8 Å². The molecular weight excluding hydrogens is 438 g/mol. The molecule has 2 aliphatic rings. The van der Waals surface area contributed by atoms with Crippen LogP contribution in [0.3, 0.4) is 0 Å². The lowest BCUT2D eigenvalue weighted by Crippen LogP contribution is -2.47. The fraction of sp³-hybridized carbons (Fsp3) is 0.560. The zero-order chi connectivity index (χ0) is 23.3. The Morgan fingerprint density at radius 2 is 1.82 bits per heavy atom. The van der Waals surface area contributed by atoms with Crippen LogP contribution < -0.4 is 5.56 Å². The number of aromatic nitrogens is 2. The number of rotatable bonds is 8. The smallest absolute Gasteiger partial charge is 0.257 e. The van der Waals surface area contributed by atoms with E-state index in [0.717, 1.165) is 53.4 Å². The third kappa shape index (κ3) is 5.86. The van der Waals surface area contributed by atoms with Crippen LogP contribution in [0.5, 0.6) is 0 Å². The number of carbonyl (C=O) groups excluding carboxylic acids is 1. The van der Waals surface area contributed by atoms with Crippen LogP contribution >= 0.6 is 11.8 Å². The van der Waals surface area contributed by atoms with E-state index in [4.69, 9.17) is 14.5 Å². The summed E-state index contributed by atoms with van der Waals surface area (Å²) in [5.74, 6) is 0.598. The van der Waals surface area contributed by atoms with Crippen LogP contribution in [0, 0.1) is 6.92 Å². The van der Waals surface area contributed by atoms with E-state index in [9.17, 15) is 9.59 Å². The van der Waals surface area contributed by atoms with Gasteiger partial charge in [0.25, 0.3) is 5.56 Å². The van der Waals surface area contributed by atoms with E-state index in [1.165, 1.54) is 0 Å². The normalized spacial score (nSPS) is 17.6. The molecule has 7 nitrogen and oxygen atoms in total. The summed E-state index contributed by atoms with van der Waals surface area (Å²) in [5.41, 5.74) is 2.66. The van der Waals surface area contributed by atoms with Crippen LogP contribution in [0.4, 0.5) is 0 Å². The highest BCUT2D eigenvalue weighted by molar-refractivity contribution is 7.99. The van der Waals surface area contributed by atoms with Crippen molar-refractivity contribution in [2.75, 3.05) is 32.1 Å². The lowest BCUT2D eigenvalue weighted by atomic mass is 10.0. The second-order valence-corrected chi connectivity index (χ2v) is 9.84. The minimum Gasteiger partial charge on any atom is -0.347 e. The molecule has 1 amide bonds. The second kappa shape index (κ2) is 10.8. The lowest BCUT2D eigenvalue weighted by Gasteiger charge is -2.37. The molecule has 33 heavy (non-hydrogen) atoms. The van der Waals surface area contributed by atoms with Crippen molar-refractivity contribution < 1.29 is 14.3 Å². The third-order valence-electron chi connectivity index (χ3n) is 6.48. The fourth-order valence-corrected chi connectivity index (χ4v) is 5.45. The lowest BCUT2D eigenvalue weighted by molar-refractivity contribution is -0.187. The maximum atomic E-state index is 12.9. The van der Waals surface area contributed by atoms with Gasteiger partial charge in [-0.2, -0.15) is 0 Å². The Kier molecular flexibility index (Phi) is 7.88. The summed E-state index contributed by atoms with van der Waals surface area (Å²) < 4.78 is 13.1. The van der Waals surface area contributed by atoms with Gasteiger partial charge < -0.3 is 14.4 Å². The SMILES string of the molecule is Cc1nc(SCCCCC(=O)N2CCC3(CC2)OCCO3)n(C)c(=O)c1Cc1ccccc1. The van der Waals surface area contributed by atoms with E-state index in [0.29, 0.717) is 39.1 Å². The number of benzene rings is 1. The van der Waals surface area contributed by atoms with Gasteiger partial charge in [-0.05, 0) is 25.3 Å². The summed E-state index contributed by atoms with van der Waals surface area (Å²) in [5, 5.41) is 0.735. The van der Waals surface area contributed by atoms with Crippen molar-refractivity contribution >= 4 is 17.7 Å². The summed E-state index contributed by atoms with van der Waals surface area (Å²) in [6, 6.07) is 10.00. The number of aryl methyl sites for hydroxylation is 1. The number of ether oxygens (including phenoxy) is 2. The summed E-state index contributed by atoms with van der Waals surface area (Å²) >= 11 is 1.58. The van der Waals surface area contributed by atoms with Crippen molar-refractivity contribution in [1.82, 2.24) is 14.5 Å². The van der Waals surface area contributed by atoms with Gasteiger partial charge in [-0.1, -0.05) is 42.1 Å². The molecule has 0 unspecified atom stereocenters. The summed E-state index contributed by atoms with van der Waals surface area (Å²) in [6.07, 6.45) is 4.40. The van der Waals surface area contributed by atoms with Crippen LogP contribution in [-0.2, 0) is 27.7 Å². The molecule has 2 saturated heterocycles. The van der Waals surface area contributed by atoms with Crippen molar-refractivity contribution in [2.45, 2.75) is 56.4 Å². The van der Waals surface area contributed by atoms with Crippen molar-refractivity contribution in [3.05, 3.63) is 57.5 Å². The molecule has 0 atom stereocenters. The first-order valence-electron chi connectivity index (χ1n) is 11.8. The summed E-state index contributed by atoms with van der Waals surface area (Å²) in [4.78, 5) is 32.1. The van der Waals surface area contributed by atoms with Crippen LogP contribution in [0.25, 0.3) is 0 Å². The molecule has 8 heteroatoms. The highest BCUT2D eigenvalue weighted by Crippen LogP contribution is 2.31. The van der Waals surface area contributed by atoms with E-state index in [-0.39, 0.29) is 11.5 Å². The van der Waals surface area contributed by atoms with Crippen molar-refractivity contribution in [2.24, 2.45) is 7.05 Å². The number of piperidine rings is 1. The molecular formula is C25H33N3O4S. The first-order valence-corrected chi connectivity index (χ1v) is 12.7. The number of unbranched alkanes of at least 4 members (excludes halogenated alkanes) is 1. The molecule has 4 rings (SSSR count). The number of likely N-dealkylation sites (tertiary alicyclic amines) is 1. The standard InChI is InChI=1S/C25H33N3O4S/c1-19-21(18-20-8-4-3-5-9-20)23(30)27(2)24(26-19)33-17-7-6-10-22(29)28-13-11-25(12-14-28)31-15-16-32-25/h3-5,8-9H,6-7,10-18H2,1-2H3. The quantitative estimate of drug-likeness (QED) is 0.334. The third-order valence-corrected chi connectivity index (χ3v) is 7.60. The number of hydrogen-bond acceptors (Lipinski definition) is 6. The van der Waals surface area contributed by atoms with E-state index in [1.807, 2.05) is 42.2 Å². The molecule has 178 valence electrons. The van der Waals surface area contributed by atoms with Gasteiger partial charge in [-0.3, -0.25) is 14.2 Å². The number of carbonyl (C=O) groups is 1. The predicted molar refractivity (Wildman–Crippen MR) is 128 cm³/mol. The molecule has 0 N–H and O–H groups in total. The number of nitrogens with zero attached hydrogens (tertiary/aromatic N) is 3. The Bertz CT molecular complexity index is 1010. The molecule has 0 bridgehead atoms. The van der Waals surface area contributed by atoms with Gasteiger partial charge >= 0.3 is 0 Å². The van der Waals surface area contributed by atoms with Crippen molar-refractivity contribution in [1.29, 1.82) is 0 Å². The molecule has 2 aliphatic heterocycles. The Morgan fingerprint density at radius 3 is 2.52 bits per heavy atom. The molecule has 1 aromatic carbocycles. The van der Waals surface area contributed by atoms with Gasteiger partial charge in [0.2, 0.25) is 5.91 Å². The molecule has 0 radical (unpaired) electrons. The maximum Gasteiger partial charge on any atom is 0.257 e. The topological polar surface area (TPSA) is 73.7 Å². The molecule has 2 aromatic rings. The minimum absolute atomic E-state index is 0.0159. The number of amides is 1. The minimum atomic E-state index is -0.439. The van der Waals surface area contributed by atoms with E-state index in [1.54, 1.807) is 23.4 Å². The van der Waals surface area contributed by atoms with Crippen LogP contribution in [0.2, 0.25) is 0 Å². The van der Waals surface area contributed by atoms with Gasteiger partial charge in [-0.15, -0.1) is 0 Å². The Labute approximate surface area is 199 Å². The summed E-state index contributed by atoms with van der Waals surface area (Å²) in [6.45, 7) is 4.62. The average molecular weight is 472 g/mol. The Balaban J connectivity index is 1.22. The first-order chi connectivity index (χ1) is 16.0. The van der Waals surface area contributed by atoms with E-state index >= 15 is 0 Å².